The molecule has 0 atom stereocenters. The Bertz CT molecular complexity index is 1400. The first-order chi connectivity index (χ1) is 19.7. The van der Waals surface area contributed by atoms with Crippen molar-refractivity contribution in [2.24, 2.45) is 5.92 Å². The van der Waals surface area contributed by atoms with Crippen LogP contribution in [0.2, 0.25) is 0 Å². The van der Waals surface area contributed by atoms with Crippen LogP contribution < -0.4 is 14.2 Å². The summed E-state index contributed by atoms with van der Waals surface area (Å²) in [4.78, 5) is 12.7. The fourth-order valence-corrected chi connectivity index (χ4v) is 4.96. The Morgan fingerprint density at radius 2 is 1.22 bits per heavy atom. The molecule has 220 valence electrons. The molecule has 1 fully saturated rings. The minimum absolute atomic E-state index is 0.0525. The third kappa shape index (κ3) is 6.47. The Morgan fingerprint density at radius 1 is 0.683 bits per heavy atom. The van der Waals surface area contributed by atoms with Crippen LogP contribution in [0.4, 0.5) is 26.3 Å². The highest BCUT2D eigenvalue weighted by molar-refractivity contribution is 5.75. The molecule has 1 aliphatic carbocycles. The molecule has 1 aliphatic rings. The predicted octanol–water partition coefficient (Wildman–Crippen LogP) is 8.65. The van der Waals surface area contributed by atoms with E-state index < -0.39 is 69.6 Å². The van der Waals surface area contributed by atoms with Crippen molar-refractivity contribution >= 4 is 5.97 Å². The maximum Gasteiger partial charge on any atom is 0.314 e. The van der Waals surface area contributed by atoms with Crippen molar-refractivity contribution in [3.05, 3.63) is 76.9 Å². The van der Waals surface area contributed by atoms with Gasteiger partial charge in [-0.1, -0.05) is 25.5 Å². The summed E-state index contributed by atoms with van der Waals surface area (Å²) < 4.78 is 103. The number of ether oxygens (including phenoxy) is 3. The van der Waals surface area contributed by atoms with Gasteiger partial charge in [-0.2, -0.15) is 13.2 Å². The van der Waals surface area contributed by atoms with Crippen LogP contribution in [0.5, 0.6) is 17.2 Å². The van der Waals surface area contributed by atoms with Crippen LogP contribution in [0.25, 0.3) is 11.1 Å². The summed E-state index contributed by atoms with van der Waals surface area (Å²) in [6.07, 6.45) is 2.56. The number of rotatable bonds is 10. The molecular weight excluding hydrogens is 550 g/mol. The van der Waals surface area contributed by atoms with Gasteiger partial charge in [0.05, 0.1) is 19.1 Å². The second-order valence-electron chi connectivity index (χ2n) is 9.86. The molecule has 0 bridgehead atoms. The molecule has 0 unspecified atom stereocenters. The molecule has 0 N–H and O–H groups in total. The summed E-state index contributed by atoms with van der Waals surface area (Å²) in [5, 5.41) is 0. The van der Waals surface area contributed by atoms with E-state index in [4.69, 9.17) is 14.2 Å². The zero-order chi connectivity index (χ0) is 29.7. The summed E-state index contributed by atoms with van der Waals surface area (Å²) in [7, 11) is 0. The van der Waals surface area contributed by atoms with E-state index >= 15 is 8.78 Å². The van der Waals surface area contributed by atoms with Gasteiger partial charge < -0.3 is 14.2 Å². The standard InChI is InChI=1S/C31H30F6O4/c1-3-5-16-40-23-14-15-24(30(37)29(23)36)41-31(38)18-8-6-17(7-9-18)19-10-11-20(26(33)25(19)32)21-12-13-22(39-4-2)28(35)27(21)34/h10-15,17-18H,3-9,16H2,1-2H3. The number of unbranched alkanes of at least 4 members (excludes halogenated alkanes) is 1. The van der Waals surface area contributed by atoms with Crippen molar-refractivity contribution in [1.82, 2.24) is 0 Å². The number of benzene rings is 3. The maximum atomic E-state index is 15.1. The first kappa shape index (κ1) is 30.3. The van der Waals surface area contributed by atoms with Crippen LogP contribution >= 0.6 is 0 Å². The monoisotopic (exact) mass is 580 g/mol. The fourth-order valence-electron chi connectivity index (χ4n) is 4.96. The van der Waals surface area contributed by atoms with E-state index in [0.717, 1.165) is 24.6 Å². The summed E-state index contributed by atoms with van der Waals surface area (Å²) in [6.45, 7) is 3.85. The molecule has 0 aliphatic heterocycles. The maximum absolute atomic E-state index is 15.1. The lowest BCUT2D eigenvalue weighted by Gasteiger charge is -2.28. The molecule has 3 aromatic rings. The number of carbonyl (C=O) groups is 1. The topological polar surface area (TPSA) is 44.8 Å². The lowest BCUT2D eigenvalue weighted by molar-refractivity contribution is -0.140. The quantitative estimate of drug-likeness (QED) is 0.104. The van der Waals surface area contributed by atoms with Gasteiger partial charge in [0.25, 0.3) is 0 Å². The van der Waals surface area contributed by atoms with Gasteiger partial charge in [0.2, 0.25) is 17.5 Å². The molecule has 0 heterocycles. The van der Waals surface area contributed by atoms with Crippen LogP contribution in [-0.2, 0) is 4.79 Å². The number of carbonyl (C=O) groups excluding carboxylic acids is 1. The highest BCUT2D eigenvalue weighted by Crippen LogP contribution is 2.40. The summed E-state index contributed by atoms with van der Waals surface area (Å²) in [5.74, 6) is -10.7. The van der Waals surface area contributed by atoms with E-state index in [0.29, 0.717) is 19.3 Å². The van der Waals surface area contributed by atoms with Crippen LogP contribution in [-0.4, -0.2) is 19.2 Å². The lowest BCUT2D eigenvalue weighted by Crippen LogP contribution is -2.26. The highest BCUT2D eigenvalue weighted by Gasteiger charge is 2.32. The minimum Gasteiger partial charge on any atom is -0.491 e. The molecule has 0 radical (unpaired) electrons. The van der Waals surface area contributed by atoms with Crippen LogP contribution in [0.3, 0.4) is 0 Å². The van der Waals surface area contributed by atoms with Crippen LogP contribution in [0, 0.1) is 40.8 Å². The van der Waals surface area contributed by atoms with E-state index in [1.807, 2.05) is 6.92 Å². The zero-order valence-corrected chi connectivity index (χ0v) is 22.7. The van der Waals surface area contributed by atoms with Crippen molar-refractivity contribution < 1.29 is 45.3 Å². The van der Waals surface area contributed by atoms with Gasteiger partial charge in [-0.25, -0.2) is 13.2 Å². The van der Waals surface area contributed by atoms with E-state index in [9.17, 15) is 22.4 Å². The van der Waals surface area contributed by atoms with Crippen molar-refractivity contribution in [1.29, 1.82) is 0 Å². The van der Waals surface area contributed by atoms with E-state index in [2.05, 4.69) is 0 Å². The molecular formula is C31H30F6O4. The zero-order valence-electron chi connectivity index (χ0n) is 22.7. The van der Waals surface area contributed by atoms with Gasteiger partial charge in [0.1, 0.15) is 0 Å². The first-order valence-corrected chi connectivity index (χ1v) is 13.6. The molecule has 4 nitrogen and oxygen atoms in total. The molecule has 0 spiro atoms. The Morgan fingerprint density at radius 3 is 1.88 bits per heavy atom. The Hall–Kier alpha value is -3.69. The van der Waals surface area contributed by atoms with E-state index in [1.165, 1.54) is 18.2 Å². The predicted molar refractivity (Wildman–Crippen MR) is 140 cm³/mol. The number of hydrogen-bond donors (Lipinski definition) is 0. The Labute approximate surface area is 234 Å². The second-order valence-corrected chi connectivity index (χ2v) is 9.86. The SMILES string of the molecule is CCCCOc1ccc(OC(=O)C2CCC(c3ccc(-c4ccc(OCC)c(F)c4F)c(F)c3F)CC2)c(F)c1F. The number of esters is 1. The molecule has 4 rings (SSSR count). The molecule has 0 amide bonds. The Balaban J connectivity index is 1.42. The largest absolute Gasteiger partial charge is 0.491 e. The van der Waals surface area contributed by atoms with Crippen molar-refractivity contribution in [3.8, 4) is 28.4 Å². The van der Waals surface area contributed by atoms with Crippen LogP contribution in [0.1, 0.15) is 63.9 Å². The smallest absolute Gasteiger partial charge is 0.314 e. The summed E-state index contributed by atoms with van der Waals surface area (Å²) in [5.41, 5.74) is -0.819. The van der Waals surface area contributed by atoms with Crippen molar-refractivity contribution in [3.63, 3.8) is 0 Å². The van der Waals surface area contributed by atoms with Gasteiger partial charge in [0, 0.05) is 11.1 Å². The highest BCUT2D eigenvalue weighted by atomic mass is 19.2. The number of halogens is 6. The molecule has 0 aromatic heterocycles. The van der Waals surface area contributed by atoms with Gasteiger partial charge in [-0.15, -0.1) is 0 Å². The Kier molecular flexibility index (Phi) is 9.83. The van der Waals surface area contributed by atoms with Crippen molar-refractivity contribution in [2.75, 3.05) is 13.2 Å². The van der Waals surface area contributed by atoms with Gasteiger partial charge >= 0.3 is 5.97 Å². The summed E-state index contributed by atoms with van der Waals surface area (Å²) in [6, 6.07) is 7.12. The molecule has 41 heavy (non-hydrogen) atoms. The normalized spacial score (nSPS) is 16.9. The van der Waals surface area contributed by atoms with Crippen LogP contribution in [0.15, 0.2) is 36.4 Å². The number of hydrogen-bond acceptors (Lipinski definition) is 4. The average Bonchev–Trinajstić information content (AvgIpc) is 2.97. The average molecular weight is 581 g/mol. The minimum atomic E-state index is -1.35. The second kappa shape index (κ2) is 13.3. The molecule has 0 saturated heterocycles. The molecule has 3 aromatic carbocycles. The van der Waals surface area contributed by atoms with Gasteiger partial charge in [-0.05, 0) is 74.8 Å². The van der Waals surface area contributed by atoms with Crippen molar-refractivity contribution in [2.45, 2.75) is 58.3 Å². The fraction of sp³-hybridized carbons (Fsp3) is 0.387. The van der Waals surface area contributed by atoms with E-state index in [1.54, 1.807) is 6.92 Å². The third-order valence-electron chi connectivity index (χ3n) is 7.23. The molecule has 1 saturated carbocycles. The van der Waals surface area contributed by atoms with E-state index in [-0.39, 0.29) is 43.1 Å². The van der Waals surface area contributed by atoms with Gasteiger partial charge in [-0.3, -0.25) is 4.79 Å². The first-order valence-electron chi connectivity index (χ1n) is 13.6. The van der Waals surface area contributed by atoms with Gasteiger partial charge in [0.15, 0.2) is 34.7 Å². The third-order valence-corrected chi connectivity index (χ3v) is 7.23. The summed E-state index contributed by atoms with van der Waals surface area (Å²) >= 11 is 0. The lowest BCUT2D eigenvalue weighted by atomic mass is 9.78. The molecule has 10 heteroatoms.